The molecule has 3 nitrogen and oxygen atoms in total. The van der Waals surface area contributed by atoms with E-state index in [0.717, 1.165) is 11.0 Å². The minimum atomic E-state index is -0.166. The second-order valence-electron chi connectivity index (χ2n) is 4.43. The highest BCUT2D eigenvalue weighted by Crippen LogP contribution is 2.14. The number of hydrogen-bond donors (Lipinski definition) is 0. The Morgan fingerprint density at radius 1 is 1.44 bits per heavy atom. The molecule has 0 aliphatic heterocycles. The minimum Gasteiger partial charge on any atom is -0.465 e. The van der Waals surface area contributed by atoms with E-state index in [0.29, 0.717) is 19.2 Å². The van der Waals surface area contributed by atoms with Crippen molar-refractivity contribution in [2.24, 2.45) is 0 Å². The Balaban J connectivity index is 2.66. The fraction of sp³-hybridized carbons (Fsp3) is 0.500. The standard InChI is InChI=1S/C14H20BrNO2/c1-4-18-14(17)10-16(11(2)3)9-12-6-5-7-13(15)8-12/h5-8,11H,4,9-10H2,1-3H3. The van der Waals surface area contributed by atoms with Gasteiger partial charge in [0.05, 0.1) is 13.2 Å². The van der Waals surface area contributed by atoms with Crippen LogP contribution < -0.4 is 0 Å². The first-order chi connectivity index (χ1) is 8.52. The van der Waals surface area contributed by atoms with Gasteiger partial charge in [-0.25, -0.2) is 0 Å². The summed E-state index contributed by atoms with van der Waals surface area (Å²) in [6, 6.07) is 8.43. The predicted octanol–water partition coefficient (Wildman–Crippen LogP) is 3.22. The van der Waals surface area contributed by atoms with Crippen LogP contribution in [0.4, 0.5) is 0 Å². The number of benzene rings is 1. The highest BCUT2D eigenvalue weighted by Gasteiger charge is 2.15. The largest absolute Gasteiger partial charge is 0.465 e. The fourth-order valence-electron chi connectivity index (χ4n) is 1.66. The molecule has 1 rings (SSSR count). The number of halogens is 1. The van der Waals surface area contributed by atoms with E-state index >= 15 is 0 Å². The molecule has 1 aromatic carbocycles. The summed E-state index contributed by atoms with van der Waals surface area (Å²) in [5.41, 5.74) is 1.18. The number of ether oxygens (including phenoxy) is 1. The van der Waals surface area contributed by atoms with Gasteiger partial charge in [0.25, 0.3) is 0 Å². The second kappa shape index (κ2) is 7.54. The number of carbonyl (C=O) groups excluding carboxylic acids is 1. The molecule has 1 aromatic rings. The molecule has 0 heterocycles. The Hall–Kier alpha value is -0.870. The van der Waals surface area contributed by atoms with Crippen molar-refractivity contribution in [3.8, 4) is 0 Å². The van der Waals surface area contributed by atoms with Crippen molar-refractivity contribution in [2.75, 3.05) is 13.2 Å². The molecule has 0 unspecified atom stereocenters. The van der Waals surface area contributed by atoms with Gasteiger partial charge in [-0.05, 0) is 38.5 Å². The van der Waals surface area contributed by atoms with Crippen molar-refractivity contribution in [3.63, 3.8) is 0 Å². The summed E-state index contributed by atoms with van der Waals surface area (Å²) in [6.45, 7) is 7.50. The van der Waals surface area contributed by atoms with Crippen LogP contribution in [0.15, 0.2) is 28.7 Å². The summed E-state index contributed by atoms with van der Waals surface area (Å²) in [7, 11) is 0. The van der Waals surface area contributed by atoms with Crippen molar-refractivity contribution >= 4 is 21.9 Å². The van der Waals surface area contributed by atoms with Crippen LogP contribution >= 0.6 is 15.9 Å². The van der Waals surface area contributed by atoms with Gasteiger partial charge in [-0.15, -0.1) is 0 Å². The number of rotatable bonds is 6. The molecule has 0 atom stereocenters. The number of nitrogens with zero attached hydrogens (tertiary/aromatic N) is 1. The van der Waals surface area contributed by atoms with E-state index in [1.807, 2.05) is 19.1 Å². The first kappa shape index (κ1) is 15.2. The molecule has 18 heavy (non-hydrogen) atoms. The molecule has 0 saturated carbocycles. The highest BCUT2D eigenvalue weighted by molar-refractivity contribution is 9.10. The van der Waals surface area contributed by atoms with Crippen LogP contribution in [0.2, 0.25) is 0 Å². The Morgan fingerprint density at radius 2 is 2.17 bits per heavy atom. The molecular weight excluding hydrogens is 294 g/mol. The summed E-state index contributed by atoms with van der Waals surface area (Å²) >= 11 is 3.45. The molecule has 0 aliphatic carbocycles. The zero-order chi connectivity index (χ0) is 13.5. The monoisotopic (exact) mass is 313 g/mol. The molecule has 0 aliphatic rings. The van der Waals surface area contributed by atoms with E-state index < -0.39 is 0 Å². The Kier molecular flexibility index (Phi) is 6.36. The van der Waals surface area contributed by atoms with E-state index in [4.69, 9.17) is 4.74 Å². The molecule has 0 amide bonds. The molecule has 100 valence electrons. The average molecular weight is 314 g/mol. The van der Waals surface area contributed by atoms with Crippen molar-refractivity contribution in [2.45, 2.75) is 33.4 Å². The summed E-state index contributed by atoms with van der Waals surface area (Å²) in [5, 5.41) is 0. The summed E-state index contributed by atoms with van der Waals surface area (Å²) < 4.78 is 6.05. The quantitative estimate of drug-likeness (QED) is 0.755. The molecule has 0 fully saturated rings. The van der Waals surface area contributed by atoms with E-state index in [2.05, 4.69) is 46.8 Å². The molecule has 0 N–H and O–H groups in total. The van der Waals surface area contributed by atoms with E-state index in [1.54, 1.807) is 0 Å². The van der Waals surface area contributed by atoms with E-state index in [-0.39, 0.29) is 5.97 Å². The van der Waals surface area contributed by atoms with Crippen molar-refractivity contribution in [3.05, 3.63) is 34.3 Å². The lowest BCUT2D eigenvalue weighted by molar-refractivity contribution is -0.145. The third-order valence-electron chi connectivity index (χ3n) is 2.64. The molecular formula is C14H20BrNO2. The van der Waals surface area contributed by atoms with Crippen LogP contribution in [0.25, 0.3) is 0 Å². The maximum Gasteiger partial charge on any atom is 0.320 e. The maximum atomic E-state index is 11.5. The number of esters is 1. The van der Waals surface area contributed by atoms with Gasteiger partial charge in [0.2, 0.25) is 0 Å². The zero-order valence-corrected chi connectivity index (χ0v) is 12.7. The molecule has 0 aromatic heterocycles. The van der Waals surface area contributed by atoms with Gasteiger partial charge in [0.1, 0.15) is 0 Å². The Labute approximate surface area is 117 Å². The Morgan fingerprint density at radius 3 is 2.72 bits per heavy atom. The van der Waals surface area contributed by atoms with Crippen LogP contribution in [0.1, 0.15) is 26.3 Å². The third kappa shape index (κ3) is 5.19. The average Bonchev–Trinajstić information content (AvgIpc) is 2.28. The van der Waals surface area contributed by atoms with Gasteiger partial charge in [0.15, 0.2) is 0 Å². The Bertz CT molecular complexity index is 393. The summed E-state index contributed by atoms with van der Waals surface area (Å²) in [4.78, 5) is 13.6. The number of carbonyl (C=O) groups is 1. The minimum absolute atomic E-state index is 0.166. The fourth-order valence-corrected chi connectivity index (χ4v) is 2.11. The lowest BCUT2D eigenvalue weighted by atomic mass is 10.2. The van der Waals surface area contributed by atoms with Crippen molar-refractivity contribution in [1.82, 2.24) is 4.90 Å². The SMILES string of the molecule is CCOC(=O)CN(Cc1cccc(Br)c1)C(C)C. The van der Waals surface area contributed by atoms with Crippen LogP contribution in [0, 0.1) is 0 Å². The van der Waals surface area contributed by atoms with Gasteiger partial charge in [-0.3, -0.25) is 9.69 Å². The van der Waals surface area contributed by atoms with Crippen LogP contribution in [0.3, 0.4) is 0 Å². The smallest absolute Gasteiger partial charge is 0.320 e. The van der Waals surface area contributed by atoms with E-state index in [1.165, 1.54) is 5.56 Å². The van der Waals surface area contributed by atoms with Crippen molar-refractivity contribution < 1.29 is 9.53 Å². The van der Waals surface area contributed by atoms with Crippen molar-refractivity contribution in [1.29, 1.82) is 0 Å². The third-order valence-corrected chi connectivity index (χ3v) is 3.14. The van der Waals surface area contributed by atoms with Gasteiger partial charge in [-0.1, -0.05) is 28.1 Å². The second-order valence-corrected chi connectivity index (χ2v) is 5.35. The molecule has 0 saturated heterocycles. The number of hydrogen-bond acceptors (Lipinski definition) is 3. The van der Waals surface area contributed by atoms with Gasteiger partial charge >= 0.3 is 5.97 Å². The topological polar surface area (TPSA) is 29.5 Å². The lowest BCUT2D eigenvalue weighted by Gasteiger charge is -2.25. The summed E-state index contributed by atoms with van der Waals surface area (Å²) in [5.74, 6) is -0.166. The first-order valence-corrected chi connectivity index (χ1v) is 6.96. The highest BCUT2D eigenvalue weighted by atomic mass is 79.9. The predicted molar refractivity (Wildman–Crippen MR) is 76.3 cm³/mol. The summed E-state index contributed by atoms with van der Waals surface area (Å²) in [6.07, 6.45) is 0. The van der Waals surface area contributed by atoms with Crippen LogP contribution in [-0.2, 0) is 16.1 Å². The zero-order valence-electron chi connectivity index (χ0n) is 11.1. The van der Waals surface area contributed by atoms with Crippen LogP contribution in [0.5, 0.6) is 0 Å². The van der Waals surface area contributed by atoms with Gasteiger partial charge < -0.3 is 4.74 Å². The van der Waals surface area contributed by atoms with Gasteiger partial charge in [-0.2, -0.15) is 0 Å². The molecule has 4 heteroatoms. The molecule has 0 spiro atoms. The lowest BCUT2D eigenvalue weighted by Crippen LogP contribution is -2.36. The van der Waals surface area contributed by atoms with Crippen LogP contribution in [-0.4, -0.2) is 30.1 Å². The maximum absolute atomic E-state index is 11.5. The van der Waals surface area contributed by atoms with E-state index in [9.17, 15) is 4.79 Å². The molecule has 0 radical (unpaired) electrons. The first-order valence-electron chi connectivity index (χ1n) is 6.17. The normalized spacial score (nSPS) is 11.0. The van der Waals surface area contributed by atoms with Gasteiger partial charge in [0, 0.05) is 17.1 Å². The molecule has 0 bridgehead atoms.